The lowest BCUT2D eigenvalue weighted by Crippen LogP contribution is -2.59. The van der Waals surface area contributed by atoms with E-state index in [1.165, 1.54) is 19.5 Å². The van der Waals surface area contributed by atoms with Gasteiger partial charge in [-0.1, -0.05) is 36.4 Å². The van der Waals surface area contributed by atoms with Crippen molar-refractivity contribution in [1.29, 1.82) is 0 Å². The van der Waals surface area contributed by atoms with Crippen molar-refractivity contribution in [3.63, 3.8) is 0 Å². The van der Waals surface area contributed by atoms with Crippen LogP contribution in [0.3, 0.4) is 0 Å². The molecule has 0 bridgehead atoms. The predicted molar refractivity (Wildman–Crippen MR) is 75.9 cm³/mol. The molecular weight excluding hydrogens is 222 g/mol. The summed E-state index contributed by atoms with van der Waals surface area (Å²) in [6.45, 7) is 6.70. The van der Waals surface area contributed by atoms with Gasteiger partial charge in [0.15, 0.2) is 0 Å². The summed E-state index contributed by atoms with van der Waals surface area (Å²) in [5.74, 6) is 1.92. The molecule has 1 aromatic carbocycles. The van der Waals surface area contributed by atoms with Gasteiger partial charge in [-0.2, -0.15) is 0 Å². The third kappa shape index (κ3) is 3.10. The Balaban J connectivity index is 0.000000169. The summed E-state index contributed by atoms with van der Waals surface area (Å²) < 4.78 is 0. The summed E-state index contributed by atoms with van der Waals surface area (Å²) in [4.78, 5) is 2.44. The van der Waals surface area contributed by atoms with Crippen molar-refractivity contribution in [2.24, 2.45) is 23.3 Å². The average molecular weight is 247 g/mol. The van der Waals surface area contributed by atoms with Gasteiger partial charge in [0.05, 0.1) is 6.17 Å². The van der Waals surface area contributed by atoms with Crippen molar-refractivity contribution >= 4 is 0 Å². The molecule has 1 aromatic rings. The van der Waals surface area contributed by atoms with Crippen LogP contribution >= 0.6 is 0 Å². The van der Waals surface area contributed by atoms with E-state index in [9.17, 15) is 0 Å². The Labute approximate surface area is 110 Å². The second-order valence-corrected chi connectivity index (χ2v) is 5.99. The minimum absolute atomic E-state index is 0.0204. The highest BCUT2D eigenvalue weighted by atomic mass is 15.3. The standard InChI is InChI=1S/C9H19N3.C6H6/c1-9(2,8(10)11)12-4-6-3-7(6)5-12;1-2-4-6-5-3-1/h6-8H,3-5,10-11H2,1-2H3;1-6H. The lowest BCUT2D eigenvalue weighted by molar-refractivity contribution is 0.111. The number of nitrogens with zero attached hydrogens (tertiary/aromatic N) is 1. The van der Waals surface area contributed by atoms with Crippen LogP contribution in [0.25, 0.3) is 0 Å². The van der Waals surface area contributed by atoms with Crippen LogP contribution in [0.1, 0.15) is 20.3 Å². The zero-order valence-electron chi connectivity index (χ0n) is 11.4. The van der Waals surface area contributed by atoms with Crippen LogP contribution in [0, 0.1) is 11.8 Å². The van der Waals surface area contributed by atoms with E-state index in [0.29, 0.717) is 0 Å². The third-order valence-corrected chi connectivity index (χ3v) is 4.28. The molecule has 0 radical (unpaired) electrons. The fourth-order valence-electron chi connectivity index (χ4n) is 2.46. The lowest BCUT2D eigenvalue weighted by Gasteiger charge is -2.39. The van der Waals surface area contributed by atoms with Crippen LogP contribution in [-0.4, -0.2) is 29.7 Å². The van der Waals surface area contributed by atoms with Crippen molar-refractivity contribution in [1.82, 2.24) is 4.90 Å². The molecule has 100 valence electrons. The molecule has 1 saturated carbocycles. The molecule has 2 unspecified atom stereocenters. The minimum atomic E-state index is -0.227. The Morgan fingerprint density at radius 3 is 1.67 bits per heavy atom. The highest BCUT2D eigenvalue weighted by Gasteiger charge is 2.49. The van der Waals surface area contributed by atoms with Crippen molar-refractivity contribution in [2.75, 3.05) is 13.1 Å². The molecule has 1 heterocycles. The van der Waals surface area contributed by atoms with Gasteiger partial charge in [-0.15, -0.1) is 0 Å². The zero-order chi connectivity index (χ0) is 13.2. The molecule has 3 heteroatoms. The van der Waals surface area contributed by atoms with E-state index in [0.717, 1.165) is 11.8 Å². The van der Waals surface area contributed by atoms with Gasteiger partial charge in [0, 0.05) is 18.6 Å². The van der Waals surface area contributed by atoms with E-state index in [4.69, 9.17) is 11.5 Å². The lowest BCUT2D eigenvalue weighted by atomic mass is 9.99. The summed E-state index contributed by atoms with van der Waals surface area (Å²) in [5, 5.41) is 0. The fourth-order valence-corrected chi connectivity index (χ4v) is 2.46. The molecule has 1 aliphatic carbocycles. The molecule has 3 rings (SSSR count). The molecule has 4 N–H and O–H groups in total. The Morgan fingerprint density at radius 2 is 1.33 bits per heavy atom. The van der Waals surface area contributed by atoms with Gasteiger partial charge in [0.2, 0.25) is 0 Å². The van der Waals surface area contributed by atoms with Gasteiger partial charge in [-0.25, -0.2) is 0 Å². The van der Waals surface area contributed by atoms with E-state index < -0.39 is 0 Å². The second-order valence-electron chi connectivity index (χ2n) is 5.99. The highest BCUT2D eigenvalue weighted by Crippen LogP contribution is 2.47. The Hall–Kier alpha value is -0.900. The van der Waals surface area contributed by atoms with Gasteiger partial charge < -0.3 is 11.5 Å². The van der Waals surface area contributed by atoms with Crippen molar-refractivity contribution in [3.8, 4) is 0 Å². The molecule has 1 saturated heterocycles. The number of benzene rings is 1. The Morgan fingerprint density at radius 1 is 0.944 bits per heavy atom. The summed E-state index contributed by atoms with van der Waals surface area (Å²) in [6.07, 6.45) is 1.21. The first-order valence-electron chi connectivity index (χ1n) is 6.78. The summed E-state index contributed by atoms with van der Waals surface area (Å²) in [5.41, 5.74) is 11.5. The van der Waals surface area contributed by atoms with Crippen molar-refractivity contribution < 1.29 is 0 Å². The van der Waals surface area contributed by atoms with Crippen LogP contribution in [0.2, 0.25) is 0 Å². The van der Waals surface area contributed by atoms with Gasteiger partial charge >= 0.3 is 0 Å². The molecule has 1 aliphatic heterocycles. The molecule has 18 heavy (non-hydrogen) atoms. The summed E-state index contributed by atoms with van der Waals surface area (Å²) in [7, 11) is 0. The number of hydrogen-bond donors (Lipinski definition) is 2. The van der Waals surface area contributed by atoms with E-state index in [-0.39, 0.29) is 11.7 Å². The fraction of sp³-hybridized carbons (Fsp3) is 0.600. The Kier molecular flexibility index (Phi) is 4.05. The SMILES string of the molecule is CC(C)(C(N)N)N1CC2CC2C1.c1ccccc1. The zero-order valence-corrected chi connectivity index (χ0v) is 11.4. The number of fused-ring (bicyclic) bond motifs is 1. The summed E-state index contributed by atoms with van der Waals surface area (Å²) in [6, 6.07) is 12.0. The van der Waals surface area contributed by atoms with E-state index in [1.807, 2.05) is 36.4 Å². The topological polar surface area (TPSA) is 55.3 Å². The van der Waals surface area contributed by atoms with Crippen LogP contribution < -0.4 is 11.5 Å². The maximum absolute atomic E-state index is 5.75. The molecule has 2 aliphatic rings. The minimum Gasteiger partial charge on any atom is -0.315 e. The number of nitrogens with two attached hydrogens (primary N) is 2. The second kappa shape index (κ2) is 5.39. The number of hydrogen-bond acceptors (Lipinski definition) is 3. The van der Waals surface area contributed by atoms with Crippen LogP contribution in [0.4, 0.5) is 0 Å². The molecule has 2 atom stereocenters. The van der Waals surface area contributed by atoms with Crippen molar-refractivity contribution in [3.05, 3.63) is 36.4 Å². The highest BCUT2D eigenvalue weighted by molar-refractivity contribution is 5.03. The van der Waals surface area contributed by atoms with E-state index >= 15 is 0 Å². The van der Waals surface area contributed by atoms with Crippen LogP contribution in [-0.2, 0) is 0 Å². The molecule has 2 fully saturated rings. The smallest absolute Gasteiger partial charge is 0.0705 e. The Bertz CT molecular complexity index is 325. The van der Waals surface area contributed by atoms with E-state index in [1.54, 1.807) is 0 Å². The number of rotatable bonds is 2. The van der Waals surface area contributed by atoms with Gasteiger partial charge in [0.1, 0.15) is 0 Å². The van der Waals surface area contributed by atoms with E-state index in [2.05, 4.69) is 18.7 Å². The van der Waals surface area contributed by atoms with Gasteiger partial charge in [0.25, 0.3) is 0 Å². The molecule has 3 nitrogen and oxygen atoms in total. The largest absolute Gasteiger partial charge is 0.315 e. The maximum atomic E-state index is 5.75. The van der Waals surface area contributed by atoms with Gasteiger partial charge in [-0.3, -0.25) is 4.90 Å². The third-order valence-electron chi connectivity index (χ3n) is 4.28. The van der Waals surface area contributed by atoms with Gasteiger partial charge in [-0.05, 0) is 32.1 Å². The van der Waals surface area contributed by atoms with Crippen molar-refractivity contribution in [2.45, 2.75) is 32.0 Å². The first-order valence-corrected chi connectivity index (χ1v) is 6.78. The monoisotopic (exact) mass is 247 g/mol. The van der Waals surface area contributed by atoms with Crippen LogP contribution in [0.5, 0.6) is 0 Å². The first kappa shape index (κ1) is 13.5. The quantitative estimate of drug-likeness (QED) is 0.781. The maximum Gasteiger partial charge on any atom is 0.0705 e. The number of likely N-dealkylation sites (tertiary alicyclic amines) is 1. The normalized spacial score (nSPS) is 26.5. The molecule has 0 amide bonds. The molecule has 0 spiro atoms. The molecule has 0 aromatic heterocycles. The first-order chi connectivity index (χ1) is 8.51. The van der Waals surface area contributed by atoms with Crippen LogP contribution in [0.15, 0.2) is 36.4 Å². The average Bonchev–Trinajstić information content (AvgIpc) is 2.98. The predicted octanol–water partition coefficient (Wildman–Crippen LogP) is 1.65. The molecular formula is C15H25N3. The summed E-state index contributed by atoms with van der Waals surface area (Å²) >= 11 is 0. The number of piperidine rings is 1.